The summed E-state index contributed by atoms with van der Waals surface area (Å²) in [6.07, 6.45) is 5.37. The molecule has 0 unspecified atom stereocenters. The van der Waals surface area contributed by atoms with E-state index in [0.717, 1.165) is 50.5 Å². The van der Waals surface area contributed by atoms with Gasteiger partial charge in [-0.3, -0.25) is 0 Å². The molecule has 1 aromatic rings. The molecular weight excluding hydrogens is 228 g/mol. The van der Waals surface area contributed by atoms with Crippen LogP contribution in [0.4, 0.5) is 5.95 Å². The molecule has 5 heteroatoms. The minimum Gasteiger partial charge on any atom is -0.383 e. The molecule has 1 fully saturated rings. The number of rotatable bonds is 5. The Bertz CT molecular complexity index is 377. The molecule has 0 bridgehead atoms. The smallest absolute Gasteiger partial charge is 0.205 e. The molecular formula is C13H24N4O. The Morgan fingerprint density at radius 2 is 2.39 bits per heavy atom. The fraction of sp³-hybridized carbons (Fsp3) is 0.769. The average Bonchev–Trinajstić information content (AvgIpc) is 2.79. The molecule has 5 nitrogen and oxygen atoms in total. The molecule has 0 amide bonds. The number of imidazole rings is 1. The fourth-order valence-corrected chi connectivity index (χ4v) is 2.43. The molecule has 102 valence electrons. The number of anilines is 1. The predicted molar refractivity (Wildman–Crippen MR) is 72.9 cm³/mol. The molecule has 0 aliphatic carbocycles. The first kappa shape index (κ1) is 13.4. The highest BCUT2D eigenvalue weighted by molar-refractivity contribution is 5.34. The Labute approximate surface area is 109 Å². The van der Waals surface area contributed by atoms with Crippen LogP contribution in [0.25, 0.3) is 0 Å². The lowest BCUT2D eigenvalue weighted by Crippen LogP contribution is -2.44. The van der Waals surface area contributed by atoms with Crippen LogP contribution in [0.3, 0.4) is 0 Å². The van der Waals surface area contributed by atoms with Gasteiger partial charge >= 0.3 is 0 Å². The highest BCUT2D eigenvalue weighted by atomic mass is 16.5. The van der Waals surface area contributed by atoms with E-state index in [1.54, 1.807) is 7.11 Å². The van der Waals surface area contributed by atoms with Crippen LogP contribution in [0.2, 0.25) is 0 Å². The lowest BCUT2D eigenvalue weighted by molar-refractivity contribution is 0.187. The monoisotopic (exact) mass is 252 g/mol. The van der Waals surface area contributed by atoms with Gasteiger partial charge in [0.1, 0.15) is 0 Å². The van der Waals surface area contributed by atoms with Gasteiger partial charge < -0.3 is 19.9 Å². The molecule has 1 aliphatic rings. The van der Waals surface area contributed by atoms with Crippen molar-refractivity contribution in [3.63, 3.8) is 0 Å². The molecule has 18 heavy (non-hydrogen) atoms. The van der Waals surface area contributed by atoms with Crippen LogP contribution in [0.1, 0.15) is 25.5 Å². The molecule has 1 aromatic heterocycles. The number of aromatic nitrogens is 2. The van der Waals surface area contributed by atoms with Crippen LogP contribution < -0.4 is 10.6 Å². The fourth-order valence-electron chi connectivity index (χ4n) is 2.43. The van der Waals surface area contributed by atoms with Gasteiger partial charge in [-0.05, 0) is 19.3 Å². The highest BCUT2D eigenvalue weighted by Crippen LogP contribution is 2.19. The summed E-state index contributed by atoms with van der Waals surface area (Å²) in [7, 11) is 1.73. The highest BCUT2D eigenvalue weighted by Gasteiger charge is 2.21. The largest absolute Gasteiger partial charge is 0.383 e. The summed E-state index contributed by atoms with van der Waals surface area (Å²) in [6.45, 7) is 5.67. The second kappa shape index (κ2) is 6.20. The summed E-state index contributed by atoms with van der Waals surface area (Å²) in [5, 5.41) is 0. The van der Waals surface area contributed by atoms with E-state index in [1.807, 2.05) is 0 Å². The zero-order valence-electron chi connectivity index (χ0n) is 11.4. The molecule has 1 atom stereocenters. The quantitative estimate of drug-likeness (QED) is 0.850. The van der Waals surface area contributed by atoms with Crippen LogP contribution in [0.15, 0.2) is 6.20 Å². The number of methoxy groups -OCH3 is 1. The van der Waals surface area contributed by atoms with Crippen molar-refractivity contribution in [3.8, 4) is 0 Å². The topological polar surface area (TPSA) is 56.3 Å². The van der Waals surface area contributed by atoms with Crippen molar-refractivity contribution in [3.05, 3.63) is 11.9 Å². The molecule has 0 saturated carbocycles. The number of aryl methyl sites for hydroxylation is 1. The standard InChI is InChI=1S/C13H24N4O/c1-3-12-10-17(7-8-18-2)13(15-12)16-6-4-5-11(14)9-16/h10-11H,3-9,14H2,1-2H3/t11-/m1/s1. The van der Waals surface area contributed by atoms with Crippen LogP contribution in [0.5, 0.6) is 0 Å². The lowest BCUT2D eigenvalue weighted by atomic mass is 10.1. The van der Waals surface area contributed by atoms with Gasteiger partial charge in [0.2, 0.25) is 5.95 Å². The van der Waals surface area contributed by atoms with Crippen molar-refractivity contribution in [2.75, 3.05) is 31.7 Å². The van der Waals surface area contributed by atoms with Crippen molar-refractivity contribution in [2.24, 2.45) is 5.73 Å². The van der Waals surface area contributed by atoms with Crippen LogP contribution in [0, 0.1) is 0 Å². The molecule has 1 aliphatic heterocycles. The van der Waals surface area contributed by atoms with Crippen molar-refractivity contribution < 1.29 is 4.74 Å². The molecule has 0 radical (unpaired) electrons. The van der Waals surface area contributed by atoms with Gasteiger partial charge in [0.15, 0.2) is 0 Å². The number of hydrogen-bond acceptors (Lipinski definition) is 4. The maximum absolute atomic E-state index is 6.05. The Balaban J connectivity index is 2.15. The summed E-state index contributed by atoms with van der Waals surface area (Å²) in [5.74, 6) is 1.05. The van der Waals surface area contributed by atoms with E-state index < -0.39 is 0 Å². The van der Waals surface area contributed by atoms with E-state index >= 15 is 0 Å². The number of nitrogens with two attached hydrogens (primary N) is 1. The minimum atomic E-state index is 0.274. The maximum atomic E-state index is 6.05. The van der Waals surface area contributed by atoms with Crippen molar-refractivity contribution >= 4 is 5.95 Å². The maximum Gasteiger partial charge on any atom is 0.205 e. The zero-order valence-corrected chi connectivity index (χ0v) is 11.4. The van der Waals surface area contributed by atoms with E-state index in [-0.39, 0.29) is 6.04 Å². The van der Waals surface area contributed by atoms with Gasteiger partial charge in [0.05, 0.1) is 12.3 Å². The van der Waals surface area contributed by atoms with E-state index in [4.69, 9.17) is 15.5 Å². The van der Waals surface area contributed by atoms with E-state index in [2.05, 4.69) is 22.6 Å². The number of hydrogen-bond donors (Lipinski definition) is 1. The third kappa shape index (κ3) is 3.03. The van der Waals surface area contributed by atoms with E-state index in [9.17, 15) is 0 Å². The first-order valence-electron chi connectivity index (χ1n) is 6.80. The van der Waals surface area contributed by atoms with Crippen LogP contribution in [-0.4, -0.2) is 42.4 Å². The predicted octanol–water partition coefficient (Wildman–Crippen LogP) is 1.02. The van der Waals surface area contributed by atoms with Crippen molar-refractivity contribution in [1.29, 1.82) is 0 Å². The van der Waals surface area contributed by atoms with Gasteiger partial charge in [-0.15, -0.1) is 0 Å². The first-order chi connectivity index (χ1) is 8.74. The normalized spacial score (nSPS) is 20.4. The van der Waals surface area contributed by atoms with Crippen LogP contribution >= 0.6 is 0 Å². The van der Waals surface area contributed by atoms with Gasteiger partial charge in [0.25, 0.3) is 0 Å². The summed E-state index contributed by atoms with van der Waals surface area (Å²) >= 11 is 0. The number of ether oxygens (including phenoxy) is 1. The SMILES string of the molecule is CCc1cn(CCOC)c(N2CCC[C@@H](N)C2)n1. The molecule has 2 N–H and O–H groups in total. The van der Waals surface area contributed by atoms with E-state index in [1.165, 1.54) is 0 Å². The summed E-state index contributed by atoms with van der Waals surface area (Å²) in [4.78, 5) is 7.03. The number of piperidine rings is 1. The average molecular weight is 252 g/mol. The summed E-state index contributed by atoms with van der Waals surface area (Å²) < 4.78 is 7.36. The van der Waals surface area contributed by atoms with Gasteiger partial charge in [-0.2, -0.15) is 0 Å². The minimum absolute atomic E-state index is 0.274. The molecule has 2 heterocycles. The first-order valence-corrected chi connectivity index (χ1v) is 6.80. The number of nitrogens with zero attached hydrogens (tertiary/aromatic N) is 3. The molecule has 2 rings (SSSR count). The Morgan fingerprint density at radius 3 is 3.06 bits per heavy atom. The summed E-state index contributed by atoms with van der Waals surface area (Å²) in [6, 6.07) is 0.274. The second-order valence-corrected chi connectivity index (χ2v) is 4.92. The van der Waals surface area contributed by atoms with Crippen molar-refractivity contribution in [2.45, 2.75) is 38.8 Å². The Kier molecular flexibility index (Phi) is 4.60. The molecule has 0 aromatic carbocycles. The van der Waals surface area contributed by atoms with Crippen LogP contribution in [-0.2, 0) is 17.7 Å². The second-order valence-electron chi connectivity index (χ2n) is 4.92. The Hall–Kier alpha value is -1.07. The van der Waals surface area contributed by atoms with Gasteiger partial charge in [-0.1, -0.05) is 6.92 Å². The third-order valence-corrected chi connectivity index (χ3v) is 3.44. The van der Waals surface area contributed by atoms with Gasteiger partial charge in [-0.25, -0.2) is 4.98 Å². The third-order valence-electron chi connectivity index (χ3n) is 3.44. The lowest BCUT2D eigenvalue weighted by Gasteiger charge is -2.31. The Morgan fingerprint density at radius 1 is 1.56 bits per heavy atom. The molecule has 0 spiro atoms. The summed E-state index contributed by atoms with van der Waals surface area (Å²) in [5.41, 5.74) is 7.19. The van der Waals surface area contributed by atoms with Crippen molar-refractivity contribution in [1.82, 2.24) is 9.55 Å². The molecule has 1 saturated heterocycles. The van der Waals surface area contributed by atoms with Gasteiger partial charge in [0, 0.05) is 39.0 Å². The zero-order chi connectivity index (χ0) is 13.0. The van der Waals surface area contributed by atoms with E-state index in [0.29, 0.717) is 6.61 Å².